The predicted octanol–water partition coefficient (Wildman–Crippen LogP) is 4.27. The van der Waals surface area contributed by atoms with Crippen LogP contribution in [-0.2, 0) is 0 Å². The number of rotatable bonds is 4. The Morgan fingerprint density at radius 3 is 2.16 bits per heavy atom. The minimum absolute atomic E-state index is 0.753. The number of benzene rings is 2. The molecule has 0 aliphatic heterocycles. The highest BCUT2D eigenvalue weighted by atomic mass is 16.1. The molecule has 0 heterocycles. The molecule has 19 heavy (non-hydrogen) atoms. The molecule has 0 aliphatic carbocycles. The quantitative estimate of drug-likeness (QED) is 0.758. The third-order valence-electron chi connectivity index (χ3n) is 3.35. The lowest BCUT2D eigenvalue weighted by Crippen LogP contribution is -2.16. The van der Waals surface area contributed by atoms with E-state index in [4.69, 9.17) is 0 Å². The zero-order valence-electron chi connectivity index (χ0n) is 11.7. The van der Waals surface area contributed by atoms with Gasteiger partial charge >= 0.3 is 0 Å². The molecule has 0 radical (unpaired) electrons. The first kappa shape index (κ1) is 13.3. The Labute approximate surface area is 114 Å². The molecule has 0 saturated heterocycles. The Bertz CT molecular complexity index is 572. The van der Waals surface area contributed by atoms with Gasteiger partial charge in [0.15, 0.2) is 0 Å². The summed E-state index contributed by atoms with van der Waals surface area (Å²) in [5, 5.41) is 0. The van der Waals surface area contributed by atoms with Crippen molar-refractivity contribution >= 4 is 17.7 Å². The molecule has 2 heteroatoms. The van der Waals surface area contributed by atoms with E-state index in [0.29, 0.717) is 0 Å². The van der Waals surface area contributed by atoms with Crippen LogP contribution in [0.5, 0.6) is 0 Å². The van der Waals surface area contributed by atoms with E-state index < -0.39 is 0 Å². The highest BCUT2D eigenvalue weighted by molar-refractivity contribution is 5.79. The fourth-order valence-corrected chi connectivity index (χ4v) is 2.20. The average Bonchev–Trinajstić information content (AvgIpc) is 2.42. The molecular formula is C17H19NO. The van der Waals surface area contributed by atoms with Gasteiger partial charge in [-0.2, -0.15) is 0 Å². The molecule has 0 aliphatic rings. The van der Waals surface area contributed by atoms with Gasteiger partial charge in [0.1, 0.15) is 6.29 Å². The smallest absolute Gasteiger partial charge is 0.150 e. The molecular weight excluding hydrogens is 234 g/mol. The standard InChI is InChI=1S/C17H19NO/c1-4-18(16-8-5-13(2)6-9-16)17-10-7-15(12-19)14(3)11-17/h5-12H,4H2,1-3H3. The Kier molecular flexibility index (Phi) is 4.00. The van der Waals surface area contributed by atoms with E-state index in [1.54, 1.807) is 0 Å². The molecule has 2 rings (SSSR count). The first-order valence-corrected chi connectivity index (χ1v) is 6.55. The summed E-state index contributed by atoms with van der Waals surface area (Å²) in [6.07, 6.45) is 0.904. The van der Waals surface area contributed by atoms with Gasteiger partial charge in [0.05, 0.1) is 0 Å². The number of anilines is 2. The van der Waals surface area contributed by atoms with Crippen molar-refractivity contribution in [3.05, 3.63) is 59.2 Å². The van der Waals surface area contributed by atoms with Crippen molar-refractivity contribution in [2.24, 2.45) is 0 Å². The zero-order valence-corrected chi connectivity index (χ0v) is 11.7. The van der Waals surface area contributed by atoms with Gasteiger partial charge in [-0.3, -0.25) is 4.79 Å². The third kappa shape index (κ3) is 2.84. The van der Waals surface area contributed by atoms with Crippen LogP contribution in [0.2, 0.25) is 0 Å². The van der Waals surface area contributed by atoms with Crippen LogP contribution >= 0.6 is 0 Å². The van der Waals surface area contributed by atoms with Crippen LogP contribution in [-0.4, -0.2) is 12.8 Å². The van der Waals surface area contributed by atoms with E-state index in [0.717, 1.165) is 29.6 Å². The van der Waals surface area contributed by atoms with Gasteiger partial charge in [0.25, 0.3) is 0 Å². The second-order valence-corrected chi connectivity index (χ2v) is 4.74. The maximum atomic E-state index is 10.9. The molecule has 0 N–H and O–H groups in total. The molecule has 0 aromatic heterocycles. The van der Waals surface area contributed by atoms with Crippen molar-refractivity contribution in [3.63, 3.8) is 0 Å². The summed E-state index contributed by atoms with van der Waals surface area (Å²) in [6.45, 7) is 7.07. The third-order valence-corrected chi connectivity index (χ3v) is 3.35. The van der Waals surface area contributed by atoms with Crippen LogP contribution in [0, 0.1) is 13.8 Å². The Morgan fingerprint density at radius 2 is 1.63 bits per heavy atom. The second-order valence-electron chi connectivity index (χ2n) is 4.74. The largest absolute Gasteiger partial charge is 0.342 e. The summed E-state index contributed by atoms with van der Waals surface area (Å²) < 4.78 is 0. The van der Waals surface area contributed by atoms with E-state index >= 15 is 0 Å². The SMILES string of the molecule is CCN(c1ccc(C)cc1)c1ccc(C=O)c(C)c1. The highest BCUT2D eigenvalue weighted by Gasteiger charge is 2.08. The first-order valence-electron chi connectivity index (χ1n) is 6.55. The topological polar surface area (TPSA) is 20.3 Å². The molecule has 0 amide bonds. The van der Waals surface area contributed by atoms with Crippen LogP contribution < -0.4 is 4.90 Å². The maximum Gasteiger partial charge on any atom is 0.150 e. The summed E-state index contributed by atoms with van der Waals surface area (Å²) in [5.74, 6) is 0. The van der Waals surface area contributed by atoms with Gasteiger partial charge in [0, 0.05) is 23.5 Å². The summed E-state index contributed by atoms with van der Waals surface area (Å²) in [4.78, 5) is 13.1. The zero-order chi connectivity index (χ0) is 13.8. The normalized spacial score (nSPS) is 10.3. The van der Waals surface area contributed by atoms with Crippen LogP contribution in [0.4, 0.5) is 11.4 Å². The van der Waals surface area contributed by atoms with E-state index in [1.165, 1.54) is 11.3 Å². The van der Waals surface area contributed by atoms with Crippen LogP contribution in [0.25, 0.3) is 0 Å². The van der Waals surface area contributed by atoms with Crippen molar-refractivity contribution in [1.29, 1.82) is 0 Å². The fourth-order valence-electron chi connectivity index (χ4n) is 2.20. The van der Waals surface area contributed by atoms with Crippen LogP contribution in [0.3, 0.4) is 0 Å². The van der Waals surface area contributed by atoms with E-state index in [-0.39, 0.29) is 0 Å². The number of aldehydes is 1. The number of hydrogen-bond donors (Lipinski definition) is 0. The maximum absolute atomic E-state index is 10.9. The number of nitrogens with zero attached hydrogens (tertiary/aromatic N) is 1. The number of carbonyl (C=O) groups is 1. The molecule has 2 aromatic carbocycles. The van der Waals surface area contributed by atoms with Crippen molar-refractivity contribution in [3.8, 4) is 0 Å². The van der Waals surface area contributed by atoms with Gasteiger partial charge in [-0.05, 0) is 56.7 Å². The number of hydrogen-bond acceptors (Lipinski definition) is 2. The van der Waals surface area contributed by atoms with Crippen molar-refractivity contribution in [2.45, 2.75) is 20.8 Å². The van der Waals surface area contributed by atoms with Gasteiger partial charge in [0.2, 0.25) is 0 Å². The van der Waals surface area contributed by atoms with Gasteiger partial charge in [-0.25, -0.2) is 0 Å². The molecule has 0 spiro atoms. The minimum atomic E-state index is 0.753. The minimum Gasteiger partial charge on any atom is -0.342 e. The predicted molar refractivity (Wildman–Crippen MR) is 80.4 cm³/mol. The summed E-state index contributed by atoms with van der Waals surface area (Å²) >= 11 is 0. The lowest BCUT2D eigenvalue weighted by atomic mass is 10.1. The van der Waals surface area contributed by atoms with E-state index in [9.17, 15) is 4.79 Å². The Hall–Kier alpha value is -2.09. The van der Waals surface area contributed by atoms with Crippen LogP contribution in [0.1, 0.15) is 28.4 Å². The summed E-state index contributed by atoms with van der Waals surface area (Å²) in [7, 11) is 0. The molecule has 2 aromatic rings. The van der Waals surface area contributed by atoms with Crippen molar-refractivity contribution < 1.29 is 4.79 Å². The molecule has 0 fully saturated rings. The lowest BCUT2D eigenvalue weighted by Gasteiger charge is -2.24. The van der Waals surface area contributed by atoms with Crippen molar-refractivity contribution in [1.82, 2.24) is 0 Å². The number of aryl methyl sites for hydroxylation is 2. The van der Waals surface area contributed by atoms with Gasteiger partial charge < -0.3 is 4.90 Å². The lowest BCUT2D eigenvalue weighted by molar-refractivity contribution is 0.112. The molecule has 0 bridgehead atoms. The molecule has 0 saturated carbocycles. The Morgan fingerprint density at radius 1 is 1.00 bits per heavy atom. The number of carbonyl (C=O) groups excluding carboxylic acids is 1. The van der Waals surface area contributed by atoms with Gasteiger partial charge in [-0.1, -0.05) is 17.7 Å². The molecule has 0 unspecified atom stereocenters. The highest BCUT2D eigenvalue weighted by Crippen LogP contribution is 2.26. The fraction of sp³-hybridized carbons (Fsp3) is 0.235. The van der Waals surface area contributed by atoms with Crippen molar-refractivity contribution in [2.75, 3.05) is 11.4 Å². The summed E-state index contributed by atoms with van der Waals surface area (Å²) in [5.41, 5.74) is 5.31. The second kappa shape index (κ2) is 5.70. The monoisotopic (exact) mass is 253 g/mol. The average molecular weight is 253 g/mol. The molecule has 98 valence electrons. The van der Waals surface area contributed by atoms with Crippen LogP contribution in [0.15, 0.2) is 42.5 Å². The van der Waals surface area contributed by atoms with Gasteiger partial charge in [-0.15, -0.1) is 0 Å². The Balaban J connectivity index is 2.39. The van der Waals surface area contributed by atoms with E-state index in [2.05, 4.69) is 49.1 Å². The molecule has 0 atom stereocenters. The van der Waals surface area contributed by atoms with E-state index in [1.807, 2.05) is 19.1 Å². The summed E-state index contributed by atoms with van der Waals surface area (Å²) in [6, 6.07) is 14.4. The molecule has 2 nitrogen and oxygen atoms in total. The first-order chi connectivity index (χ1) is 9.15.